The molecule has 0 heterocycles. The van der Waals surface area contributed by atoms with Gasteiger partial charge in [0.2, 0.25) is 0 Å². The van der Waals surface area contributed by atoms with E-state index >= 15 is 0 Å². The van der Waals surface area contributed by atoms with Gasteiger partial charge in [0.1, 0.15) is 11.6 Å². The minimum absolute atomic E-state index is 0.114. The third kappa shape index (κ3) is 3.73. The third-order valence-electron chi connectivity index (χ3n) is 3.68. The highest BCUT2D eigenvalue weighted by molar-refractivity contribution is 6.09. The number of hydrogen-bond donors (Lipinski definition) is 2. The van der Waals surface area contributed by atoms with Gasteiger partial charge in [0.25, 0.3) is 5.91 Å². The van der Waals surface area contributed by atoms with Crippen LogP contribution in [-0.4, -0.2) is 18.1 Å². The largest absolute Gasteiger partial charge is 0.504 e. The molecule has 0 atom stereocenters. The molecule has 2 rings (SSSR count). The Bertz CT molecular complexity index is 848. The van der Waals surface area contributed by atoms with E-state index in [1.54, 1.807) is 24.3 Å². The number of nitriles is 1. The molecule has 0 aliphatic rings. The molecule has 0 saturated heterocycles. The van der Waals surface area contributed by atoms with Gasteiger partial charge >= 0.3 is 0 Å². The fourth-order valence-corrected chi connectivity index (χ4v) is 2.14. The van der Waals surface area contributed by atoms with Crippen LogP contribution in [0.1, 0.15) is 16.7 Å². The molecule has 2 aromatic rings. The minimum Gasteiger partial charge on any atom is -0.504 e. The van der Waals surface area contributed by atoms with Crippen LogP contribution in [0.3, 0.4) is 0 Å². The summed E-state index contributed by atoms with van der Waals surface area (Å²) in [6.45, 7) is 3.92. The average Bonchev–Trinajstić information content (AvgIpc) is 2.57. The highest BCUT2D eigenvalue weighted by Gasteiger charge is 2.12. The van der Waals surface area contributed by atoms with Crippen LogP contribution < -0.4 is 10.1 Å². The summed E-state index contributed by atoms with van der Waals surface area (Å²) in [5.41, 5.74) is 2.99. The van der Waals surface area contributed by atoms with Crippen molar-refractivity contribution < 1.29 is 14.6 Å². The van der Waals surface area contributed by atoms with E-state index in [0.717, 1.165) is 11.1 Å². The zero-order valence-corrected chi connectivity index (χ0v) is 13.8. The zero-order valence-electron chi connectivity index (χ0n) is 13.8. The van der Waals surface area contributed by atoms with Crippen molar-refractivity contribution in [1.82, 2.24) is 0 Å². The van der Waals surface area contributed by atoms with Gasteiger partial charge in [-0.15, -0.1) is 0 Å². The summed E-state index contributed by atoms with van der Waals surface area (Å²) < 4.78 is 5.02. The SMILES string of the molecule is COc1cccc(/C=C(/C#N)C(=O)Nc2ccc(C)c(C)c2)c1O. The van der Waals surface area contributed by atoms with Crippen molar-refractivity contribution in [3.8, 4) is 17.6 Å². The summed E-state index contributed by atoms with van der Waals surface area (Å²) in [6.07, 6.45) is 1.33. The number of carbonyl (C=O) groups is 1. The summed E-state index contributed by atoms with van der Waals surface area (Å²) in [5, 5.41) is 22.0. The number of aryl methyl sites for hydroxylation is 2. The molecule has 5 heteroatoms. The van der Waals surface area contributed by atoms with E-state index in [1.165, 1.54) is 13.2 Å². The van der Waals surface area contributed by atoms with E-state index in [2.05, 4.69) is 5.32 Å². The Labute approximate surface area is 140 Å². The summed E-state index contributed by atoms with van der Waals surface area (Å²) in [7, 11) is 1.43. The molecule has 0 unspecified atom stereocenters. The van der Waals surface area contributed by atoms with Gasteiger partial charge in [-0.3, -0.25) is 4.79 Å². The number of phenolic OH excluding ortho intramolecular Hbond substituents is 1. The standard InChI is InChI=1S/C19H18N2O3/c1-12-7-8-16(9-13(12)2)21-19(23)15(11-20)10-14-5-4-6-17(24-3)18(14)22/h4-10,22H,1-3H3,(H,21,23)/b15-10-. The Kier molecular flexibility index (Phi) is 5.23. The average molecular weight is 322 g/mol. The van der Waals surface area contributed by atoms with E-state index in [1.807, 2.05) is 32.0 Å². The van der Waals surface area contributed by atoms with Crippen LogP contribution in [0.2, 0.25) is 0 Å². The molecule has 0 bridgehead atoms. The lowest BCUT2D eigenvalue weighted by molar-refractivity contribution is -0.112. The Hall–Kier alpha value is -3.26. The van der Waals surface area contributed by atoms with Gasteiger partial charge in [-0.25, -0.2) is 0 Å². The first kappa shape index (κ1) is 17.1. The maximum atomic E-state index is 12.3. The zero-order chi connectivity index (χ0) is 17.7. The second-order valence-electron chi connectivity index (χ2n) is 5.32. The number of methoxy groups -OCH3 is 1. The van der Waals surface area contributed by atoms with E-state index in [0.29, 0.717) is 11.3 Å². The summed E-state index contributed by atoms with van der Waals surface area (Å²) >= 11 is 0. The van der Waals surface area contributed by atoms with Crippen molar-refractivity contribution >= 4 is 17.7 Å². The molecule has 0 aliphatic heterocycles. The summed E-state index contributed by atoms with van der Waals surface area (Å²) in [4.78, 5) is 12.3. The molecule has 0 saturated carbocycles. The first-order valence-corrected chi connectivity index (χ1v) is 7.32. The van der Waals surface area contributed by atoms with Crippen molar-refractivity contribution in [2.75, 3.05) is 12.4 Å². The molecule has 2 aromatic carbocycles. The van der Waals surface area contributed by atoms with Crippen LogP contribution in [0.5, 0.6) is 11.5 Å². The quantitative estimate of drug-likeness (QED) is 0.666. The van der Waals surface area contributed by atoms with Crippen molar-refractivity contribution in [2.45, 2.75) is 13.8 Å². The molecule has 122 valence electrons. The Balaban J connectivity index is 2.29. The van der Waals surface area contributed by atoms with Crippen LogP contribution in [0.4, 0.5) is 5.69 Å². The fraction of sp³-hybridized carbons (Fsp3) is 0.158. The van der Waals surface area contributed by atoms with Gasteiger partial charge in [0, 0.05) is 11.3 Å². The maximum Gasteiger partial charge on any atom is 0.266 e. The lowest BCUT2D eigenvalue weighted by atomic mass is 10.1. The molecular weight excluding hydrogens is 304 g/mol. The lowest BCUT2D eigenvalue weighted by Crippen LogP contribution is -2.13. The van der Waals surface area contributed by atoms with Crippen LogP contribution in [-0.2, 0) is 4.79 Å². The number of nitrogens with one attached hydrogen (secondary N) is 1. The Morgan fingerprint density at radius 1 is 1.25 bits per heavy atom. The summed E-state index contributed by atoms with van der Waals surface area (Å²) in [5.74, 6) is -0.384. The van der Waals surface area contributed by atoms with Crippen LogP contribution in [0.25, 0.3) is 6.08 Å². The molecule has 24 heavy (non-hydrogen) atoms. The lowest BCUT2D eigenvalue weighted by Gasteiger charge is -2.08. The number of nitrogens with zero attached hydrogens (tertiary/aromatic N) is 1. The Morgan fingerprint density at radius 3 is 2.62 bits per heavy atom. The molecule has 0 aliphatic carbocycles. The number of anilines is 1. The number of aromatic hydroxyl groups is 1. The first-order valence-electron chi connectivity index (χ1n) is 7.32. The topological polar surface area (TPSA) is 82.3 Å². The predicted octanol–water partition coefficient (Wildman–Crippen LogP) is 3.56. The predicted molar refractivity (Wildman–Crippen MR) is 92.8 cm³/mol. The second kappa shape index (κ2) is 7.34. The number of amides is 1. The molecule has 1 amide bonds. The molecular formula is C19H18N2O3. The second-order valence-corrected chi connectivity index (χ2v) is 5.32. The van der Waals surface area contributed by atoms with Crippen molar-refractivity contribution in [3.05, 3.63) is 58.7 Å². The number of hydrogen-bond acceptors (Lipinski definition) is 4. The molecule has 0 aromatic heterocycles. The highest BCUT2D eigenvalue weighted by Crippen LogP contribution is 2.31. The van der Waals surface area contributed by atoms with E-state index in [4.69, 9.17) is 4.74 Å². The monoisotopic (exact) mass is 322 g/mol. The number of benzene rings is 2. The van der Waals surface area contributed by atoms with Gasteiger partial charge in [-0.1, -0.05) is 18.2 Å². The van der Waals surface area contributed by atoms with Crippen molar-refractivity contribution in [3.63, 3.8) is 0 Å². The number of ether oxygens (including phenoxy) is 1. The van der Waals surface area contributed by atoms with Gasteiger partial charge < -0.3 is 15.2 Å². The molecule has 5 nitrogen and oxygen atoms in total. The van der Waals surface area contributed by atoms with Crippen LogP contribution in [0, 0.1) is 25.2 Å². The molecule has 2 N–H and O–H groups in total. The first-order chi connectivity index (χ1) is 11.5. The van der Waals surface area contributed by atoms with Crippen LogP contribution in [0.15, 0.2) is 42.0 Å². The third-order valence-corrected chi connectivity index (χ3v) is 3.68. The summed E-state index contributed by atoms with van der Waals surface area (Å²) in [6, 6.07) is 12.2. The smallest absolute Gasteiger partial charge is 0.266 e. The normalized spacial score (nSPS) is 10.8. The van der Waals surface area contributed by atoms with Crippen molar-refractivity contribution in [2.24, 2.45) is 0 Å². The number of rotatable bonds is 4. The maximum absolute atomic E-state index is 12.3. The molecule has 0 spiro atoms. The highest BCUT2D eigenvalue weighted by atomic mass is 16.5. The van der Waals surface area contributed by atoms with Gasteiger partial charge in [-0.05, 0) is 49.2 Å². The molecule has 0 radical (unpaired) electrons. The Morgan fingerprint density at radius 2 is 2.00 bits per heavy atom. The minimum atomic E-state index is -0.539. The van der Waals surface area contributed by atoms with Gasteiger partial charge in [0.05, 0.1) is 7.11 Å². The number of para-hydroxylation sites is 1. The van der Waals surface area contributed by atoms with Crippen molar-refractivity contribution in [1.29, 1.82) is 5.26 Å². The van der Waals surface area contributed by atoms with E-state index in [-0.39, 0.29) is 17.1 Å². The molecule has 0 fully saturated rings. The van der Waals surface area contributed by atoms with E-state index < -0.39 is 5.91 Å². The van der Waals surface area contributed by atoms with Crippen LogP contribution >= 0.6 is 0 Å². The van der Waals surface area contributed by atoms with E-state index in [9.17, 15) is 15.2 Å². The van der Waals surface area contributed by atoms with Gasteiger partial charge in [0.15, 0.2) is 11.5 Å². The number of carbonyl (C=O) groups excluding carboxylic acids is 1. The van der Waals surface area contributed by atoms with Gasteiger partial charge in [-0.2, -0.15) is 5.26 Å². The number of phenols is 1. The fourth-order valence-electron chi connectivity index (χ4n) is 2.14.